The van der Waals surface area contributed by atoms with E-state index < -0.39 is 17.7 Å². The van der Waals surface area contributed by atoms with Crippen LogP contribution in [0.5, 0.6) is 23.0 Å². The summed E-state index contributed by atoms with van der Waals surface area (Å²) in [6, 6.07) is 7.71. The van der Waals surface area contributed by atoms with Crippen molar-refractivity contribution in [3.05, 3.63) is 52.6 Å². The van der Waals surface area contributed by atoms with Crippen molar-refractivity contribution in [2.45, 2.75) is 19.4 Å². The van der Waals surface area contributed by atoms with Gasteiger partial charge < -0.3 is 33.7 Å². The van der Waals surface area contributed by atoms with E-state index in [0.717, 1.165) is 19.6 Å². The first-order valence-electron chi connectivity index (χ1n) is 12.9. The first-order valence-corrected chi connectivity index (χ1v) is 12.9. The molecule has 2 fully saturated rings. The third kappa shape index (κ3) is 5.67. The first-order chi connectivity index (χ1) is 18.8. The fourth-order valence-electron chi connectivity index (χ4n) is 5.18. The molecule has 0 spiro atoms. The van der Waals surface area contributed by atoms with E-state index in [1.165, 1.54) is 26.2 Å². The molecule has 0 bridgehead atoms. The van der Waals surface area contributed by atoms with Gasteiger partial charge in [0, 0.05) is 31.7 Å². The molecule has 2 aliphatic rings. The molecule has 1 atom stereocenters. The highest BCUT2D eigenvalue weighted by Crippen LogP contribution is 2.46. The molecule has 10 heteroatoms. The summed E-state index contributed by atoms with van der Waals surface area (Å²) in [7, 11) is 6.06. The smallest absolute Gasteiger partial charge is 0.295 e. The molecule has 210 valence electrons. The second kappa shape index (κ2) is 12.4. The van der Waals surface area contributed by atoms with E-state index in [4.69, 9.17) is 23.7 Å². The average Bonchev–Trinajstić information content (AvgIpc) is 3.21. The summed E-state index contributed by atoms with van der Waals surface area (Å²) in [4.78, 5) is 30.7. The number of rotatable bonds is 10. The van der Waals surface area contributed by atoms with Gasteiger partial charge >= 0.3 is 0 Å². The maximum Gasteiger partial charge on any atom is 0.295 e. The highest BCUT2D eigenvalue weighted by atomic mass is 16.5. The Bertz CT molecular complexity index is 1230. The van der Waals surface area contributed by atoms with Gasteiger partial charge in [0.1, 0.15) is 11.5 Å². The van der Waals surface area contributed by atoms with Crippen molar-refractivity contribution in [2.24, 2.45) is 0 Å². The van der Waals surface area contributed by atoms with Gasteiger partial charge in [-0.1, -0.05) is 0 Å². The molecule has 2 aromatic carbocycles. The lowest BCUT2D eigenvalue weighted by Gasteiger charge is -2.29. The van der Waals surface area contributed by atoms with Crippen LogP contribution in [0, 0.1) is 6.92 Å². The van der Waals surface area contributed by atoms with Gasteiger partial charge in [-0.25, -0.2) is 0 Å². The normalized spacial score (nSPS) is 19.3. The molecule has 1 amide bonds. The predicted octanol–water partition coefficient (Wildman–Crippen LogP) is 3.17. The number of ketones is 1. The van der Waals surface area contributed by atoms with Crippen LogP contribution in [-0.4, -0.2) is 94.4 Å². The van der Waals surface area contributed by atoms with E-state index in [1.54, 1.807) is 37.4 Å². The summed E-state index contributed by atoms with van der Waals surface area (Å²) in [5, 5.41) is 11.5. The SMILES string of the molecule is COc1ccc(C(O)=C2C(=O)C(=O)N(CCCN3CCOCC3)[C@@H]2c2cc(OC)c(OC)c(OC)c2)c(C)c1. The minimum absolute atomic E-state index is 0.00825. The minimum Gasteiger partial charge on any atom is -0.507 e. The number of morpholine rings is 1. The molecule has 2 aliphatic heterocycles. The molecule has 1 N–H and O–H groups in total. The molecule has 0 unspecified atom stereocenters. The lowest BCUT2D eigenvalue weighted by atomic mass is 9.93. The summed E-state index contributed by atoms with van der Waals surface area (Å²) in [6.45, 7) is 5.89. The number of carbonyl (C=O) groups is 2. The molecule has 39 heavy (non-hydrogen) atoms. The Morgan fingerprint density at radius 3 is 2.18 bits per heavy atom. The van der Waals surface area contributed by atoms with Gasteiger partial charge in [0.2, 0.25) is 5.75 Å². The Hall–Kier alpha value is -3.76. The number of benzene rings is 2. The zero-order chi connectivity index (χ0) is 28.1. The average molecular weight is 541 g/mol. The minimum atomic E-state index is -0.857. The van der Waals surface area contributed by atoms with E-state index in [1.807, 2.05) is 6.92 Å². The van der Waals surface area contributed by atoms with Crippen molar-refractivity contribution in [1.29, 1.82) is 0 Å². The van der Waals surface area contributed by atoms with E-state index >= 15 is 0 Å². The van der Waals surface area contributed by atoms with Crippen molar-refractivity contribution >= 4 is 17.4 Å². The molecular weight excluding hydrogens is 504 g/mol. The topological polar surface area (TPSA) is 107 Å². The zero-order valence-corrected chi connectivity index (χ0v) is 23.1. The monoisotopic (exact) mass is 540 g/mol. The number of methoxy groups -OCH3 is 4. The molecule has 0 radical (unpaired) electrons. The molecular formula is C29H36N2O8. The maximum absolute atomic E-state index is 13.5. The summed E-state index contributed by atoms with van der Waals surface area (Å²) < 4.78 is 27.3. The van der Waals surface area contributed by atoms with Gasteiger partial charge in [-0.05, 0) is 54.8 Å². The summed E-state index contributed by atoms with van der Waals surface area (Å²) >= 11 is 0. The van der Waals surface area contributed by atoms with Gasteiger partial charge in [0.15, 0.2) is 11.5 Å². The van der Waals surface area contributed by atoms with E-state index in [0.29, 0.717) is 65.9 Å². The molecule has 0 saturated carbocycles. The largest absolute Gasteiger partial charge is 0.507 e. The number of aliphatic hydroxyl groups excluding tert-OH is 1. The number of nitrogens with zero attached hydrogens (tertiary/aromatic N) is 2. The molecule has 2 heterocycles. The second-order valence-electron chi connectivity index (χ2n) is 9.44. The summed E-state index contributed by atoms with van der Waals surface area (Å²) in [5.41, 5.74) is 1.71. The van der Waals surface area contributed by atoms with E-state index in [-0.39, 0.29) is 11.3 Å². The maximum atomic E-state index is 13.5. The number of carbonyl (C=O) groups excluding carboxylic acids is 2. The van der Waals surface area contributed by atoms with Crippen LogP contribution < -0.4 is 18.9 Å². The first kappa shape index (κ1) is 28.3. The van der Waals surface area contributed by atoms with E-state index in [2.05, 4.69) is 4.90 Å². The van der Waals surface area contributed by atoms with Crippen molar-refractivity contribution in [3.63, 3.8) is 0 Å². The van der Waals surface area contributed by atoms with Gasteiger partial charge in [-0.15, -0.1) is 0 Å². The van der Waals surface area contributed by atoms with Gasteiger partial charge in [0.05, 0.1) is 53.3 Å². The van der Waals surface area contributed by atoms with Crippen LogP contribution >= 0.6 is 0 Å². The lowest BCUT2D eigenvalue weighted by Crippen LogP contribution is -2.39. The van der Waals surface area contributed by atoms with Crippen molar-refractivity contribution in [3.8, 4) is 23.0 Å². The quantitative estimate of drug-likeness (QED) is 0.276. The zero-order valence-electron chi connectivity index (χ0n) is 23.1. The van der Waals surface area contributed by atoms with Crippen LogP contribution in [0.1, 0.15) is 29.2 Å². The molecule has 4 rings (SSSR count). The Morgan fingerprint density at radius 2 is 1.62 bits per heavy atom. The van der Waals surface area contributed by atoms with Crippen molar-refractivity contribution in [2.75, 3.05) is 67.8 Å². The molecule has 2 saturated heterocycles. The van der Waals surface area contributed by atoms with Crippen molar-refractivity contribution in [1.82, 2.24) is 9.80 Å². The van der Waals surface area contributed by atoms with Crippen LogP contribution in [0.4, 0.5) is 0 Å². The highest BCUT2D eigenvalue weighted by Gasteiger charge is 2.46. The fourth-order valence-corrected chi connectivity index (χ4v) is 5.18. The number of Topliss-reactive ketones (excluding diaryl/α,β-unsaturated/α-hetero) is 1. The summed E-state index contributed by atoms with van der Waals surface area (Å²) in [5.74, 6) is 0.116. The third-order valence-corrected chi connectivity index (χ3v) is 7.21. The number of aliphatic hydroxyl groups is 1. The summed E-state index contributed by atoms with van der Waals surface area (Å²) in [6.07, 6.45) is 0.648. The second-order valence-corrected chi connectivity index (χ2v) is 9.44. The van der Waals surface area contributed by atoms with Crippen molar-refractivity contribution < 1.29 is 38.4 Å². The Morgan fingerprint density at radius 1 is 0.949 bits per heavy atom. The number of amides is 1. The van der Waals surface area contributed by atoms with Crippen LogP contribution in [0.3, 0.4) is 0 Å². The lowest BCUT2D eigenvalue weighted by molar-refractivity contribution is -0.140. The highest BCUT2D eigenvalue weighted by molar-refractivity contribution is 6.46. The number of hydrogen-bond acceptors (Lipinski definition) is 9. The third-order valence-electron chi connectivity index (χ3n) is 7.21. The van der Waals surface area contributed by atoms with Gasteiger partial charge in [0.25, 0.3) is 11.7 Å². The number of ether oxygens (including phenoxy) is 5. The Balaban J connectivity index is 1.80. The Labute approximate surface area is 228 Å². The van der Waals surface area contributed by atoms with Crippen LogP contribution in [-0.2, 0) is 14.3 Å². The molecule has 0 aliphatic carbocycles. The van der Waals surface area contributed by atoms with Gasteiger partial charge in [-0.2, -0.15) is 0 Å². The Kier molecular flexibility index (Phi) is 8.98. The van der Waals surface area contributed by atoms with E-state index in [9.17, 15) is 14.7 Å². The predicted molar refractivity (Wildman–Crippen MR) is 145 cm³/mol. The number of hydrogen-bond donors (Lipinski definition) is 1. The van der Waals surface area contributed by atoms with Crippen LogP contribution in [0.15, 0.2) is 35.9 Å². The van der Waals surface area contributed by atoms with Crippen LogP contribution in [0.25, 0.3) is 5.76 Å². The number of aryl methyl sites for hydroxylation is 1. The molecule has 0 aromatic heterocycles. The van der Waals surface area contributed by atoms with Crippen LogP contribution in [0.2, 0.25) is 0 Å². The fraction of sp³-hybridized carbons (Fsp3) is 0.448. The molecule has 10 nitrogen and oxygen atoms in total. The molecule has 2 aromatic rings. The van der Waals surface area contributed by atoms with Gasteiger partial charge in [-0.3, -0.25) is 14.5 Å². The standard InChI is InChI=1S/C29H36N2O8/c1-18-15-20(35-2)7-8-21(18)26(32)24-25(19-16-22(36-3)28(38-5)23(17-19)37-4)31(29(34)27(24)33)10-6-9-30-11-13-39-14-12-30/h7-8,15-17,25,32H,6,9-14H2,1-5H3/t25-/m1/s1. The number of likely N-dealkylation sites (tertiary alicyclic amines) is 1.